The summed E-state index contributed by atoms with van der Waals surface area (Å²) in [5.74, 6) is 1.75. The van der Waals surface area contributed by atoms with E-state index in [1.54, 1.807) is 7.05 Å². The highest BCUT2D eigenvalue weighted by Crippen LogP contribution is 2.18. The molecule has 1 unspecified atom stereocenters. The number of rotatable bonds is 5. The molecule has 1 atom stereocenters. The van der Waals surface area contributed by atoms with Gasteiger partial charge in [-0.05, 0) is 26.2 Å². The lowest BCUT2D eigenvalue weighted by atomic mass is 10.1. The van der Waals surface area contributed by atoms with Gasteiger partial charge in [-0.2, -0.15) is 15.0 Å². The summed E-state index contributed by atoms with van der Waals surface area (Å²) in [5.41, 5.74) is 0. The van der Waals surface area contributed by atoms with Crippen LogP contribution in [0, 0.1) is 0 Å². The zero-order valence-corrected chi connectivity index (χ0v) is 11.6. The number of aliphatic hydroxyl groups excluding tert-OH is 1. The number of piperidine rings is 1. The van der Waals surface area contributed by atoms with Crippen LogP contribution < -0.4 is 15.5 Å². The molecule has 19 heavy (non-hydrogen) atoms. The van der Waals surface area contributed by atoms with Gasteiger partial charge in [-0.3, -0.25) is 0 Å². The predicted molar refractivity (Wildman–Crippen MR) is 75.6 cm³/mol. The van der Waals surface area contributed by atoms with E-state index in [2.05, 4.69) is 30.5 Å². The fourth-order valence-corrected chi connectivity index (χ4v) is 2.04. The minimum atomic E-state index is -0.0821. The molecule has 7 nitrogen and oxygen atoms in total. The molecule has 0 aliphatic carbocycles. The Hall–Kier alpha value is -1.63. The Labute approximate surface area is 113 Å². The maximum Gasteiger partial charge on any atom is 0.231 e. The van der Waals surface area contributed by atoms with Crippen LogP contribution in [0.25, 0.3) is 0 Å². The second kappa shape index (κ2) is 6.51. The SMILES string of the molecule is CNc1nc(NC(C)CO)nc(N2CCCCC2)n1. The molecule has 1 aromatic heterocycles. The van der Waals surface area contributed by atoms with Crippen molar-refractivity contribution in [3.8, 4) is 0 Å². The Morgan fingerprint density at radius 2 is 1.84 bits per heavy atom. The van der Waals surface area contributed by atoms with Crippen LogP contribution in [0.2, 0.25) is 0 Å². The van der Waals surface area contributed by atoms with E-state index in [4.69, 9.17) is 5.11 Å². The van der Waals surface area contributed by atoms with Crippen LogP contribution in [0.4, 0.5) is 17.8 Å². The van der Waals surface area contributed by atoms with Crippen LogP contribution >= 0.6 is 0 Å². The van der Waals surface area contributed by atoms with Gasteiger partial charge in [-0.1, -0.05) is 0 Å². The van der Waals surface area contributed by atoms with Crippen molar-refractivity contribution in [2.75, 3.05) is 42.3 Å². The number of hydrogen-bond acceptors (Lipinski definition) is 7. The van der Waals surface area contributed by atoms with Gasteiger partial charge in [0.15, 0.2) is 0 Å². The topological polar surface area (TPSA) is 86.2 Å². The average molecular weight is 266 g/mol. The Bertz CT molecular complexity index is 407. The van der Waals surface area contributed by atoms with Gasteiger partial charge in [0.05, 0.1) is 6.61 Å². The minimum absolute atomic E-state index is 0.0413. The van der Waals surface area contributed by atoms with Crippen molar-refractivity contribution in [1.82, 2.24) is 15.0 Å². The molecule has 2 rings (SSSR count). The Kier molecular flexibility index (Phi) is 4.73. The number of hydrogen-bond donors (Lipinski definition) is 3. The van der Waals surface area contributed by atoms with Crippen LogP contribution in [0.3, 0.4) is 0 Å². The fourth-order valence-electron chi connectivity index (χ4n) is 2.04. The minimum Gasteiger partial charge on any atom is -0.394 e. The average Bonchev–Trinajstić information content (AvgIpc) is 2.47. The van der Waals surface area contributed by atoms with Gasteiger partial charge >= 0.3 is 0 Å². The molecular formula is C12H22N6O. The first-order valence-corrected chi connectivity index (χ1v) is 6.79. The van der Waals surface area contributed by atoms with Gasteiger partial charge in [-0.25, -0.2) is 0 Å². The third-order valence-corrected chi connectivity index (χ3v) is 3.14. The monoisotopic (exact) mass is 266 g/mol. The third kappa shape index (κ3) is 3.66. The summed E-state index contributed by atoms with van der Waals surface area (Å²) in [4.78, 5) is 15.3. The van der Waals surface area contributed by atoms with Crippen LogP contribution in [-0.2, 0) is 0 Å². The van der Waals surface area contributed by atoms with E-state index in [0.29, 0.717) is 17.8 Å². The summed E-state index contributed by atoms with van der Waals surface area (Å²) >= 11 is 0. The largest absolute Gasteiger partial charge is 0.394 e. The van der Waals surface area contributed by atoms with E-state index in [9.17, 15) is 0 Å². The first kappa shape index (κ1) is 13.8. The summed E-state index contributed by atoms with van der Waals surface area (Å²) < 4.78 is 0. The van der Waals surface area contributed by atoms with Crippen molar-refractivity contribution in [1.29, 1.82) is 0 Å². The van der Waals surface area contributed by atoms with Crippen LogP contribution in [-0.4, -0.2) is 52.8 Å². The number of aliphatic hydroxyl groups is 1. The molecule has 0 amide bonds. The highest BCUT2D eigenvalue weighted by atomic mass is 16.3. The lowest BCUT2D eigenvalue weighted by Crippen LogP contribution is -2.32. The molecule has 106 valence electrons. The second-order valence-corrected chi connectivity index (χ2v) is 4.81. The first-order valence-electron chi connectivity index (χ1n) is 6.79. The highest BCUT2D eigenvalue weighted by molar-refractivity contribution is 5.44. The van der Waals surface area contributed by atoms with Crippen molar-refractivity contribution >= 4 is 17.8 Å². The van der Waals surface area contributed by atoms with Crippen molar-refractivity contribution in [3.63, 3.8) is 0 Å². The lowest BCUT2D eigenvalue weighted by molar-refractivity contribution is 0.281. The van der Waals surface area contributed by atoms with Crippen molar-refractivity contribution in [3.05, 3.63) is 0 Å². The molecule has 0 radical (unpaired) electrons. The fraction of sp³-hybridized carbons (Fsp3) is 0.750. The van der Waals surface area contributed by atoms with Gasteiger partial charge in [-0.15, -0.1) is 0 Å². The standard InChI is InChI=1S/C12H22N6O/c1-9(8-19)14-11-15-10(13-2)16-12(17-11)18-6-4-3-5-7-18/h9,19H,3-8H2,1-2H3,(H2,13,14,15,16,17). The Morgan fingerprint density at radius 3 is 2.47 bits per heavy atom. The Morgan fingerprint density at radius 1 is 1.16 bits per heavy atom. The summed E-state index contributed by atoms with van der Waals surface area (Å²) in [6, 6.07) is -0.0821. The summed E-state index contributed by atoms with van der Waals surface area (Å²) in [6.45, 7) is 3.90. The van der Waals surface area contributed by atoms with Crippen LogP contribution in [0.15, 0.2) is 0 Å². The molecule has 1 saturated heterocycles. The smallest absolute Gasteiger partial charge is 0.231 e. The molecular weight excluding hydrogens is 244 g/mol. The first-order chi connectivity index (χ1) is 9.22. The van der Waals surface area contributed by atoms with E-state index in [1.807, 2.05) is 6.92 Å². The summed E-state index contributed by atoms with van der Waals surface area (Å²) in [5, 5.41) is 15.1. The molecule has 7 heteroatoms. The zero-order chi connectivity index (χ0) is 13.7. The number of nitrogens with one attached hydrogen (secondary N) is 2. The van der Waals surface area contributed by atoms with Crippen molar-refractivity contribution < 1.29 is 5.11 Å². The van der Waals surface area contributed by atoms with Gasteiger partial charge < -0.3 is 20.6 Å². The second-order valence-electron chi connectivity index (χ2n) is 4.81. The van der Waals surface area contributed by atoms with Gasteiger partial charge in [0.25, 0.3) is 0 Å². The number of aromatic nitrogens is 3. The van der Waals surface area contributed by atoms with Gasteiger partial charge in [0, 0.05) is 26.2 Å². The third-order valence-electron chi connectivity index (χ3n) is 3.14. The van der Waals surface area contributed by atoms with Crippen molar-refractivity contribution in [2.45, 2.75) is 32.2 Å². The molecule has 3 N–H and O–H groups in total. The van der Waals surface area contributed by atoms with Gasteiger partial charge in [0.2, 0.25) is 17.8 Å². The van der Waals surface area contributed by atoms with E-state index in [1.165, 1.54) is 19.3 Å². The maximum atomic E-state index is 9.08. The van der Waals surface area contributed by atoms with E-state index in [-0.39, 0.29) is 12.6 Å². The molecule has 2 heterocycles. The van der Waals surface area contributed by atoms with Crippen LogP contribution in [0.5, 0.6) is 0 Å². The molecule has 0 spiro atoms. The molecule has 0 saturated carbocycles. The maximum absolute atomic E-state index is 9.08. The van der Waals surface area contributed by atoms with E-state index < -0.39 is 0 Å². The van der Waals surface area contributed by atoms with Crippen molar-refractivity contribution in [2.24, 2.45) is 0 Å². The summed E-state index contributed by atoms with van der Waals surface area (Å²) in [6.07, 6.45) is 3.62. The molecule has 0 bridgehead atoms. The van der Waals surface area contributed by atoms with Crippen LogP contribution in [0.1, 0.15) is 26.2 Å². The molecule has 0 aromatic carbocycles. The molecule has 1 aliphatic heterocycles. The normalized spacial score (nSPS) is 17.1. The van der Waals surface area contributed by atoms with E-state index >= 15 is 0 Å². The van der Waals surface area contributed by atoms with Gasteiger partial charge in [0.1, 0.15) is 0 Å². The molecule has 1 aliphatic rings. The predicted octanol–water partition coefficient (Wildman–Crippen LogP) is 0.696. The lowest BCUT2D eigenvalue weighted by Gasteiger charge is -2.27. The Balaban J connectivity index is 2.19. The number of anilines is 3. The molecule has 1 fully saturated rings. The van der Waals surface area contributed by atoms with E-state index in [0.717, 1.165) is 13.1 Å². The quantitative estimate of drug-likeness (QED) is 0.723. The zero-order valence-electron chi connectivity index (χ0n) is 11.6. The molecule has 1 aromatic rings. The summed E-state index contributed by atoms with van der Waals surface area (Å²) in [7, 11) is 1.79. The number of nitrogens with zero attached hydrogens (tertiary/aromatic N) is 4. The highest BCUT2D eigenvalue weighted by Gasteiger charge is 2.16.